The van der Waals surface area contributed by atoms with Crippen molar-refractivity contribution >= 4 is 28.3 Å². The summed E-state index contributed by atoms with van der Waals surface area (Å²) >= 11 is 1.25. The van der Waals surface area contributed by atoms with Crippen molar-refractivity contribution in [2.45, 2.75) is 0 Å². The molecule has 0 aliphatic carbocycles. The molecule has 6 nitrogen and oxygen atoms in total. The molecule has 1 aromatic rings. The lowest BCUT2D eigenvalue weighted by Gasteiger charge is -2.20. The summed E-state index contributed by atoms with van der Waals surface area (Å²) in [5.74, 6) is 0.101. The molecule has 0 atom stereocenters. The molecule has 0 unspecified atom stereocenters. The molecule has 0 fully saturated rings. The first kappa shape index (κ1) is 13.7. The fraction of sp³-hybridized carbons (Fsp3) is 0.600. The van der Waals surface area contributed by atoms with E-state index in [1.54, 1.807) is 7.05 Å². The van der Waals surface area contributed by atoms with Crippen molar-refractivity contribution < 1.29 is 4.79 Å². The maximum atomic E-state index is 11.7. The van der Waals surface area contributed by atoms with Gasteiger partial charge in [-0.3, -0.25) is 4.79 Å². The van der Waals surface area contributed by atoms with Gasteiger partial charge in [-0.25, -0.2) is 0 Å². The van der Waals surface area contributed by atoms with E-state index in [4.69, 9.17) is 5.73 Å². The van der Waals surface area contributed by atoms with Crippen LogP contribution in [-0.4, -0.2) is 56.5 Å². The highest BCUT2D eigenvalue weighted by molar-refractivity contribution is 7.11. The van der Waals surface area contributed by atoms with E-state index in [1.165, 1.54) is 11.5 Å². The second-order valence-electron chi connectivity index (χ2n) is 4.05. The molecule has 0 aliphatic rings. The first-order chi connectivity index (χ1) is 7.97. The van der Waals surface area contributed by atoms with Gasteiger partial charge in [-0.05, 0) is 25.6 Å². The Labute approximate surface area is 106 Å². The SMILES string of the molecule is CNC(=O)c1c(N)nsc1N(C)CCN(C)C. The molecule has 1 rings (SSSR count). The zero-order valence-electron chi connectivity index (χ0n) is 10.6. The highest BCUT2D eigenvalue weighted by Crippen LogP contribution is 2.29. The van der Waals surface area contributed by atoms with E-state index in [-0.39, 0.29) is 5.91 Å². The summed E-state index contributed by atoms with van der Waals surface area (Å²) < 4.78 is 4.04. The first-order valence-corrected chi connectivity index (χ1v) is 6.07. The molecule has 0 aromatic carbocycles. The first-order valence-electron chi connectivity index (χ1n) is 5.30. The Morgan fingerprint density at radius 2 is 2.06 bits per heavy atom. The molecule has 17 heavy (non-hydrogen) atoms. The van der Waals surface area contributed by atoms with E-state index >= 15 is 0 Å². The van der Waals surface area contributed by atoms with Crippen molar-refractivity contribution in [1.29, 1.82) is 0 Å². The maximum absolute atomic E-state index is 11.7. The van der Waals surface area contributed by atoms with E-state index in [0.717, 1.165) is 18.1 Å². The van der Waals surface area contributed by atoms with Gasteiger partial charge < -0.3 is 20.9 Å². The van der Waals surface area contributed by atoms with Crippen LogP contribution >= 0.6 is 11.5 Å². The molecule has 0 bridgehead atoms. The predicted octanol–water partition coefficient (Wildman–Crippen LogP) is 0.0827. The number of hydrogen-bond acceptors (Lipinski definition) is 6. The number of hydrogen-bond donors (Lipinski definition) is 2. The minimum atomic E-state index is -0.192. The number of nitrogens with one attached hydrogen (secondary N) is 1. The van der Waals surface area contributed by atoms with Crippen molar-refractivity contribution in [3.05, 3.63) is 5.56 Å². The zero-order valence-corrected chi connectivity index (χ0v) is 11.5. The minimum absolute atomic E-state index is 0.192. The monoisotopic (exact) mass is 257 g/mol. The summed E-state index contributed by atoms with van der Waals surface area (Å²) in [4.78, 5) is 15.8. The summed E-state index contributed by atoms with van der Waals surface area (Å²) in [6, 6.07) is 0. The topological polar surface area (TPSA) is 74.5 Å². The van der Waals surface area contributed by atoms with Crippen LogP contribution < -0.4 is 16.0 Å². The van der Waals surface area contributed by atoms with Gasteiger partial charge in [0.15, 0.2) is 5.82 Å². The highest BCUT2D eigenvalue weighted by atomic mass is 32.1. The van der Waals surface area contributed by atoms with Crippen LogP contribution in [0.5, 0.6) is 0 Å². The molecular weight excluding hydrogens is 238 g/mol. The van der Waals surface area contributed by atoms with Gasteiger partial charge in [-0.15, -0.1) is 0 Å². The third-order valence-corrected chi connectivity index (χ3v) is 3.36. The van der Waals surface area contributed by atoms with Gasteiger partial charge in [0.25, 0.3) is 5.91 Å². The molecular formula is C10H19N5OS. The van der Waals surface area contributed by atoms with Gasteiger partial charge in [-0.1, -0.05) is 0 Å². The Bertz CT molecular complexity index is 390. The lowest BCUT2D eigenvalue weighted by molar-refractivity contribution is 0.0964. The van der Waals surface area contributed by atoms with Crippen LogP contribution in [0.1, 0.15) is 10.4 Å². The number of nitrogens with zero attached hydrogens (tertiary/aromatic N) is 3. The van der Waals surface area contributed by atoms with Crippen LogP contribution in [0.15, 0.2) is 0 Å². The van der Waals surface area contributed by atoms with E-state index in [9.17, 15) is 4.79 Å². The van der Waals surface area contributed by atoms with E-state index in [0.29, 0.717) is 11.4 Å². The van der Waals surface area contributed by atoms with Crippen LogP contribution in [-0.2, 0) is 0 Å². The fourth-order valence-corrected chi connectivity index (χ4v) is 2.14. The third-order valence-electron chi connectivity index (χ3n) is 2.38. The van der Waals surface area contributed by atoms with Crippen LogP contribution in [0.3, 0.4) is 0 Å². The van der Waals surface area contributed by atoms with Gasteiger partial charge >= 0.3 is 0 Å². The molecule has 1 heterocycles. The molecule has 3 N–H and O–H groups in total. The van der Waals surface area contributed by atoms with Gasteiger partial charge in [0.05, 0.1) is 0 Å². The van der Waals surface area contributed by atoms with Crippen molar-refractivity contribution in [2.75, 3.05) is 51.9 Å². The Hall–Kier alpha value is -1.34. The summed E-state index contributed by atoms with van der Waals surface area (Å²) in [5, 5.41) is 3.39. The number of anilines is 2. The van der Waals surface area contributed by atoms with Gasteiger partial charge in [0.2, 0.25) is 0 Å². The summed E-state index contributed by atoms with van der Waals surface area (Å²) in [6.07, 6.45) is 0. The van der Waals surface area contributed by atoms with E-state index < -0.39 is 0 Å². The molecule has 0 radical (unpaired) electrons. The standard InChI is InChI=1S/C10H19N5OS/c1-12-9(16)7-8(11)13-17-10(7)15(4)6-5-14(2)3/h5-6H2,1-4H3,(H2,11,13)(H,12,16). The van der Waals surface area contributed by atoms with Crippen LogP contribution in [0, 0.1) is 0 Å². The zero-order chi connectivity index (χ0) is 13.0. The number of amides is 1. The third kappa shape index (κ3) is 3.31. The molecule has 96 valence electrons. The molecule has 0 aliphatic heterocycles. The molecule has 1 amide bonds. The van der Waals surface area contributed by atoms with Crippen LogP contribution in [0.4, 0.5) is 10.8 Å². The minimum Gasteiger partial charge on any atom is -0.382 e. The second kappa shape index (κ2) is 5.83. The summed E-state index contributed by atoms with van der Waals surface area (Å²) in [6.45, 7) is 1.72. The number of aromatic nitrogens is 1. The van der Waals surface area contributed by atoms with E-state index in [2.05, 4.69) is 14.6 Å². The normalized spacial score (nSPS) is 10.6. The maximum Gasteiger partial charge on any atom is 0.257 e. The van der Waals surface area contributed by atoms with Crippen LogP contribution in [0.25, 0.3) is 0 Å². The Morgan fingerprint density at radius 3 is 2.59 bits per heavy atom. The lowest BCUT2D eigenvalue weighted by Crippen LogP contribution is -2.30. The number of nitrogens with two attached hydrogens (primary N) is 1. The number of nitrogen functional groups attached to an aromatic ring is 1. The van der Waals surface area contributed by atoms with Crippen molar-refractivity contribution in [3.63, 3.8) is 0 Å². The van der Waals surface area contributed by atoms with Gasteiger partial charge in [0, 0.05) is 27.2 Å². The largest absolute Gasteiger partial charge is 0.382 e. The fourth-order valence-electron chi connectivity index (χ4n) is 1.34. The lowest BCUT2D eigenvalue weighted by atomic mass is 10.3. The second-order valence-corrected chi connectivity index (χ2v) is 4.80. The molecule has 0 spiro atoms. The summed E-state index contributed by atoms with van der Waals surface area (Å²) in [7, 11) is 7.54. The van der Waals surface area contributed by atoms with Crippen molar-refractivity contribution in [2.24, 2.45) is 0 Å². The van der Waals surface area contributed by atoms with Crippen molar-refractivity contribution in [1.82, 2.24) is 14.6 Å². The molecule has 0 saturated heterocycles. The number of carbonyl (C=O) groups excluding carboxylic acids is 1. The smallest absolute Gasteiger partial charge is 0.257 e. The predicted molar refractivity (Wildman–Crippen MR) is 71.7 cm³/mol. The molecule has 1 aromatic heterocycles. The Balaban J connectivity index is 2.86. The average molecular weight is 257 g/mol. The highest BCUT2D eigenvalue weighted by Gasteiger charge is 2.20. The summed E-state index contributed by atoms with van der Waals surface area (Å²) in [5.41, 5.74) is 6.18. The van der Waals surface area contributed by atoms with E-state index in [1.807, 2.05) is 26.0 Å². The van der Waals surface area contributed by atoms with Gasteiger partial charge in [-0.2, -0.15) is 4.37 Å². The molecule has 0 saturated carbocycles. The van der Waals surface area contributed by atoms with Gasteiger partial charge in [0.1, 0.15) is 10.6 Å². The van der Waals surface area contributed by atoms with Crippen LogP contribution in [0.2, 0.25) is 0 Å². The quantitative estimate of drug-likeness (QED) is 0.781. The van der Waals surface area contributed by atoms with Crippen molar-refractivity contribution in [3.8, 4) is 0 Å². The molecule has 7 heteroatoms. The Kier molecular flexibility index (Phi) is 4.71. The average Bonchev–Trinajstić information content (AvgIpc) is 2.67. The number of carbonyl (C=O) groups is 1. The number of likely N-dealkylation sites (N-methyl/N-ethyl adjacent to an activating group) is 2. The number of rotatable bonds is 5. The Morgan fingerprint density at radius 1 is 1.41 bits per heavy atom.